The highest BCUT2D eigenvalue weighted by Crippen LogP contribution is 2.44. The SMILES string of the molecule is Cc1cc(Br)c2c(c1)C(CO)(CCCO)OC[C@H]2C. The fraction of sp³-hybridized carbons (Fsp3) is 0.600. The van der Waals surface area contributed by atoms with E-state index in [0.717, 1.165) is 15.6 Å². The van der Waals surface area contributed by atoms with E-state index in [2.05, 4.69) is 35.0 Å². The molecule has 0 bridgehead atoms. The molecule has 0 saturated carbocycles. The van der Waals surface area contributed by atoms with Gasteiger partial charge in [0.1, 0.15) is 5.60 Å². The minimum absolute atomic E-state index is 0.0530. The van der Waals surface area contributed by atoms with E-state index in [1.165, 1.54) is 5.56 Å². The monoisotopic (exact) mass is 328 g/mol. The molecule has 3 nitrogen and oxygen atoms in total. The predicted octanol–water partition coefficient (Wildman–Crippen LogP) is 2.85. The lowest BCUT2D eigenvalue weighted by Crippen LogP contribution is -2.40. The minimum Gasteiger partial charge on any atom is -0.396 e. The fourth-order valence-electron chi connectivity index (χ4n) is 2.86. The molecule has 106 valence electrons. The molecule has 0 aliphatic carbocycles. The Balaban J connectivity index is 2.53. The van der Waals surface area contributed by atoms with Crippen LogP contribution in [0.4, 0.5) is 0 Å². The van der Waals surface area contributed by atoms with Gasteiger partial charge in [-0.05, 0) is 42.5 Å². The van der Waals surface area contributed by atoms with Crippen LogP contribution in [0.3, 0.4) is 0 Å². The Morgan fingerprint density at radius 1 is 1.42 bits per heavy atom. The van der Waals surface area contributed by atoms with Gasteiger partial charge in [-0.2, -0.15) is 0 Å². The van der Waals surface area contributed by atoms with Crippen molar-refractivity contribution in [3.63, 3.8) is 0 Å². The maximum Gasteiger partial charge on any atom is 0.116 e. The average molecular weight is 329 g/mol. The maximum atomic E-state index is 9.86. The van der Waals surface area contributed by atoms with Crippen molar-refractivity contribution in [3.8, 4) is 0 Å². The largest absolute Gasteiger partial charge is 0.396 e. The average Bonchev–Trinajstić information content (AvgIpc) is 2.38. The van der Waals surface area contributed by atoms with Crippen LogP contribution in [-0.2, 0) is 10.3 Å². The second-order valence-electron chi connectivity index (χ2n) is 5.40. The zero-order valence-corrected chi connectivity index (χ0v) is 13.0. The van der Waals surface area contributed by atoms with Gasteiger partial charge in [0.05, 0.1) is 13.2 Å². The van der Waals surface area contributed by atoms with Crippen molar-refractivity contribution in [2.75, 3.05) is 19.8 Å². The van der Waals surface area contributed by atoms with Gasteiger partial charge in [0, 0.05) is 17.0 Å². The lowest BCUT2D eigenvalue weighted by molar-refractivity contribution is -0.108. The molecule has 0 fully saturated rings. The molecule has 1 heterocycles. The van der Waals surface area contributed by atoms with Gasteiger partial charge in [0.15, 0.2) is 0 Å². The Hall–Kier alpha value is -0.420. The Bertz CT molecular complexity index is 461. The van der Waals surface area contributed by atoms with Crippen molar-refractivity contribution >= 4 is 15.9 Å². The van der Waals surface area contributed by atoms with Crippen molar-refractivity contribution in [2.45, 2.75) is 38.2 Å². The Labute approximate surface area is 122 Å². The van der Waals surface area contributed by atoms with Crippen LogP contribution in [0.5, 0.6) is 0 Å². The third kappa shape index (κ3) is 2.72. The molecule has 2 atom stereocenters. The molecule has 0 saturated heterocycles. The van der Waals surface area contributed by atoms with Crippen LogP contribution in [-0.4, -0.2) is 30.0 Å². The van der Waals surface area contributed by atoms with Crippen LogP contribution in [0.2, 0.25) is 0 Å². The number of aliphatic hydroxyl groups excluding tert-OH is 2. The molecule has 1 aromatic rings. The molecule has 19 heavy (non-hydrogen) atoms. The molecule has 2 N–H and O–H groups in total. The third-order valence-electron chi connectivity index (χ3n) is 3.86. The van der Waals surface area contributed by atoms with Crippen molar-refractivity contribution in [3.05, 3.63) is 33.3 Å². The van der Waals surface area contributed by atoms with Crippen LogP contribution in [0, 0.1) is 6.92 Å². The van der Waals surface area contributed by atoms with E-state index in [-0.39, 0.29) is 13.2 Å². The second kappa shape index (κ2) is 5.92. The summed E-state index contributed by atoms with van der Waals surface area (Å²) in [6.45, 7) is 4.83. The lowest BCUT2D eigenvalue weighted by atomic mass is 9.79. The van der Waals surface area contributed by atoms with Gasteiger partial charge in [-0.1, -0.05) is 28.9 Å². The summed E-state index contributed by atoms with van der Waals surface area (Å²) < 4.78 is 7.07. The number of rotatable bonds is 4. The van der Waals surface area contributed by atoms with Gasteiger partial charge < -0.3 is 14.9 Å². The first-order chi connectivity index (χ1) is 9.04. The first-order valence-electron chi connectivity index (χ1n) is 6.70. The fourth-order valence-corrected chi connectivity index (χ4v) is 3.82. The summed E-state index contributed by atoms with van der Waals surface area (Å²) in [7, 11) is 0. The Morgan fingerprint density at radius 3 is 2.79 bits per heavy atom. The van der Waals surface area contributed by atoms with E-state index >= 15 is 0 Å². The molecule has 1 aliphatic rings. The molecule has 1 aromatic carbocycles. The van der Waals surface area contributed by atoms with Crippen molar-refractivity contribution in [2.24, 2.45) is 0 Å². The number of halogens is 1. The first-order valence-corrected chi connectivity index (χ1v) is 7.49. The molecule has 0 radical (unpaired) electrons. The van der Waals surface area contributed by atoms with Crippen molar-refractivity contribution < 1.29 is 14.9 Å². The zero-order valence-electron chi connectivity index (χ0n) is 11.4. The normalized spacial score (nSPS) is 26.3. The molecule has 4 heteroatoms. The highest BCUT2D eigenvalue weighted by atomic mass is 79.9. The number of fused-ring (bicyclic) bond motifs is 1. The number of benzene rings is 1. The third-order valence-corrected chi connectivity index (χ3v) is 4.52. The van der Waals surface area contributed by atoms with E-state index in [9.17, 15) is 5.11 Å². The van der Waals surface area contributed by atoms with E-state index in [0.29, 0.717) is 25.4 Å². The summed E-state index contributed by atoms with van der Waals surface area (Å²) >= 11 is 3.64. The minimum atomic E-state index is -0.668. The molecule has 1 unspecified atom stereocenters. The van der Waals surface area contributed by atoms with Gasteiger partial charge in [0.25, 0.3) is 0 Å². The van der Waals surface area contributed by atoms with E-state index in [1.807, 2.05) is 6.92 Å². The lowest BCUT2D eigenvalue weighted by Gasteiger charge is -2.41. The van der Waals surface area contributed by atoms with Gasteiger partial charge in [-0.25, -0.2) is 0 Å². The second-order valence-corrected chi connectivity index (χ2v) is 6.25. The Kier molecular flexibility index (Phi) is 4.66. The van der Waals surface area contributed by atoms with Crippen LogP contribution in [0.25, 0.3) is 0 Å². The molecular weight excluding hydrogens is 308 g/mol. The topological polar surface area (TPSA) is 49.7 Å². The van der Waals surface area contributed by atoms with Gasteiger partial charge in [-0.15, -0.1) is 0 Å². The van der Waals surface area contributed by atoms with E-state index in [1.54, 1.807) is 0 Å². The number of hydrogen-bond donors (Lipinski definition) is 2. The molecule has 0 amide bonds. The zero-order chi connectivity index (χ0) is 14.0. The van der Waals surface area contributed by atoms with Crippen molar-refractivity contribution in [1.82, 2.24) is 0 Å². The highest BCUT2D eigenvalue weighted by Gasteiger charge is 2.40. The predicted molar refractivity (Wildman–Crippen MR) is 78.3 cm³/mol. The summed E-state index contributed by atoms with van der Waals surface area (Å²) in [5, 5.41) is 18.9. The molecule has 1 aliphatic heterocycles. The smallest absolute Gasteiger partial charge is 0.116 e. The van der Waals surface area contributed by atoms with Crippen LogP contribution in [0.15, 0.2) is 16.6 Å². The van der Waals surface area contributed by atoms with Crippen molar-refractivity contribution in [1.29, 1.82) is 0 Å². The molecule has 0 aromatic heterocycles. The van der Waals surface area contributed by atoms with E-state index < -0.39 is 5.60 Å². The van der Waals surface area contributed by atoms with Gasteiger partial charge in [-0.3, -0.25) is 0 Å². The standard InChI is InChI=1S/C15H21BrO3/c1-10-6-12-14(13(16)7-10)11(2)8-19-15(12,9-18)4-3-5-17/h6-7,11,17-18H,3-5,8-9H2,1-2H3/t11-,15?/m1/s1. The summed E-state index contributed by atoms with van der Waals surface area (Å²) in [4.78, 5) is 0. The molecule has 0 spiro atoms. The summed E-state index contributed by atoms with van der Waals surface area (Å²) in [6, 6.07) is 4.21. The molecular formula is C15H21BrO3. The van der Waals surface area contributed by atoms with Gasteiger partial charge >= 0.3 is 0 Å². The van der Waals surface area contributed by atoms with Crippen LogP contribution < -0.4 is 0 Å². The number of hydrogen-bond acceptors (Lipinski definition) is 3. The summed E-state index contributed by atoms with van der Waals surface area (Å²) in [6.07, 6.45) is 1.26. The van der Waals surface area contributed by atoms with Crippen LogP contribution in [0.1, 0.15) is 42.4 Å². The maximum absolute atomic E-state index is 9.86. The number of aliphatic hydroxyl groups is 2. The number of aryl methyl sites for hydroxylation is 1. The summed E-state index contributed by atoms with van der Waals surface area (Å²) in [5.41, 5.74) is 2.77. The summed E-state index contributed by atoms with van der Waals surface area (Å²) in [5.74, 6) is 0.304. The Morgan fingerprint density at radius 2 is 2.16 bits per heavy atom. The van der Waals surface area contributed by atoms with Crippen LogP contribution >= 0.6 is 15.9 Å². The van der Waals surface area contributed by atoms with Gasteiger partial charge in [0.2, 0.25) is 0 Å². The first kappa shape index (κ1) is 15.0. The highest BCUT2D eigenvalue weighted by molar-refractivity contribution is 9.10. The molecule has 2 rings (SSSR count). The van der Waals surface area contributed by atoms with E-state index in [4.69, 9.17) is 9.84 Å². The quantitative estimate of drug-likeness (QED) is 0.893. The number of ether oxygens (including phenoxy) is 1.